The van der Waals surface area contributed by atoms with Gasteiger partial charge in [0.2, 0.25) is 0 Å². The summed E-state index contributed by atoms with van der Waals surface area (Å²) in [6, 6.07) is 5.91. The lowest BCUT2D eigenvalue weighted by Crippen LogP contribution is -2.42. The lowest BCUT2D eigenvalue weighted by molar-refractivity contribution is 0.193. The highest BCUT2D eigenvalue weighted by Gasteiger charge is 2.20. The van der Waals surface area contributed by atoms with Crippen molar-refractivity contribution in [2.45, 2.75) is 19.9 Å². The first-order valence-electron chi connectivity index (χ1n) is 5.61. The zero-order valence-electron chi connectivity index (χ0n) is 9.49. The SMILES string of the molecule is CCNC(=O)N1CCc2c(N)cccc2C1. The van der Waals surface area contributed by atoms with Gasteiger partial charge in [-0.25, -0.2) is 4.79 Å². The summed E-state index contributed by atoms with van der Waals surface area (Å²) in [5.74, 6) is 0. The van der Waals surface area contributed by atoms with E-state index in [9.17, 15) is 4.79 Å². The molecule has 0 atom stereocenters. The van der Waals surface area contributed by atoms with Crippen LogP contribution in [0.3, 0.4) is 0 Å². The van der Waals surface area contributed by atoms with Crippen molar-refractivity contribution in [3.05, 3.63) is 29.3 Å². The van der Waals surface area contributed by atoms with Crippen LogP contribution in [0, 0.1) is 0 Å². The number of carbonyl (C=O) groups is 1. The fourth-order valence-electron chi connectivity index (χ4n) is 2.08. The van der Waals surface area contributed by atoms with Crippen molar-refractivity contribution in [2.75, 3.05) is 18.8 Å². The average Bonchev–Trinajstić information content (AvgIpc) is 2.29. The third kappa shape index (κ3) is 1.96. The Labute approximate surface area is 95.4 Å². The summed E-state index contributed by atoms with van der Waals surface area (Å²) in [6.07, 6.45) is 0.846. The van der Waals surface area contributed by atoms with Gasteiger partial charge in [-0.15, -0.1) is 0 Å². The van der Waals surface area contributed by atoms with E-state index in [4.69, 9.17) is 5.73 Å². The van der Waals surface area contributed by atoms with E-state index in [0.717, 1.165) is 24.2 Å². The molecule has 0 saturated heterocycles. The van der Waals surface area contributed by atoms with Crippen LogP contribution in [-0.2, 0) is 13.0 Å². The molecule has 86 valence electrons. The zero-order chi connectivity index (χ0) is 11.5. The highest BCUT2D eigenvalue weighted by atomic mass is 16.2. The molecule has 0 bridgehead atoms. The van der Waals surface area contributed by atoms with Gasteiger partial charge in [-0.05, 0) is 30.5 Å². The van der Waals surface area contributed by atoms with Gasteiger partial charge in [-0.1, -0.05) is 12.1 Å². The lowest BCUT2D eigenvalue weighted by atomic mass is 9.98. The Morgan fingerprint density at radius 2 is 2.38 bits per heavy atom. The summed E-state index contributed by atoms with van der Waals surface area (Å²) in [6.45, 7) is 3.99. The minimum Gasteiger partial charge on any atom is -0.398 e. The Morgan fingerprint density at radius 3 is 3.12 bits per heavy atom. The molecule has 0 spiro atoms. The second kappa shape index (κ2) is 4.43. The van der Waals surface area contributed by atoms with Crippen LogP contribution in [0.25, 0.3) is 0 Å². The van der Waals surface area contributed by atoms with Crippen molar-refractivity contribution < 1.29 is 4.79 Å². The van der Waals surface area contributed by atoms with Crippen molar-refractivity contribution >= 4 is 11.7 Å². The number of fused-ring (bicyclic) bond motifs is 1. The van der Waals surface area contributed by atoms with E-state index in [2.05, 4.69) is 5.32 Å². The number of urea groups is 1. The van der Waals surface area contributed by atoms with Crippen LogP contribution in [0.1, 0.15) is 18.1 Å². The third-order valence-corrected chi connectivity index (χ3v) is 2.92. The largest absolute Gasteiger partial charge is 0.398 e. The van der Waals surface area contributed by atoms with E-state index >= 15 is 0 Å². The Kier molecular flexibility index (Phi) is 2.99. The minimum absolute atomic E-state index is 0.00979. The smallest absolute Gasteiger partial charge is 0.317 e. The standard InChI is InChI=1S/C12H17N3O/c1-2-14-12(16)15-7-6-10-9(8-15)4-3-5-11(10)13/h3-5H,2,6-8,13H2,1H3,(H,14,16). The van der Waals surface area contributed by atoms with Gasteiger partial charge in [0.25, 0.3) is 0 Å². The molecule has 2 amide bonds. The summed E-state index contributed by atoms with van der Waals surface area (Å²) in [4.78, 5) is 13.5. The summed E-state index contributed by atoms with van der Waals surface area (Å²) >= 11 is 0. The van der Waals surface area contributed by atoms with Gasteiger partial charge in [-0.3, -0.25) is 0 Å². The monoisotopic (exact) mass is 219 g/mol. The number of anilines is 1. The second-order valence-corrected chi connectivity index (χ2v) is 3.99. The first-order valence-corrected chi connectivity index (χ1v) is 5.61. The maximum absolute atomic E-state index is 11.7. The maximum atomic E-state index is 11.7. The molecule has 1 aromatic rings. The topological polar surface area (TPSA) is 58.4 Å². The molecule has 16 heavy (non-hydrogen) atoms. The average molecular weight is 219 g/mol. The van der Waals surface area contributed by atoms with E-state index in [1.165, 1.54) is 5.56 Å². The number of nitrogen functional groups attached to an aromatic ring is 1. The highest BCUT2D eigenvalue weighted by Crippen LogP contribution is 2.23. The lowest BCUT2D eigenvalue weighted by Gasteiger charge is -2.29. The molecule has 1 heterocycles. The van der Waals surface area contributed by atoms with Crippen LogP contribution in [0.2, 0.25) is 0 Å². The van der Waals surface area contributed by atoms with Crippen LogP contribution in [0.5, 0.6) is 0 Å². The number of amides is 2. The third-order valence-electron chi connectivity index (χ3n) is 2.92. The van der Waals surface area contributed by atoms with Gasteiger partial charge in [0, 0.05) is 25.3 Å². The summed E-state index contributed by atoms with van der Waals surface area (Å²) < 4.78 is 0. The Hall–Kier alpha value is -1.71. The maximum Gasteiger partial charge on any atom is 0.317 e. The Bertz CT molecular complexity index is 403. The Balaban J connectivity index is 2.15. The van der Waals surface area contributed by atoms with Crippen LogP contribution < -0.4 is 11.1 Å². The quantitative estimate of drug-likeness (QED) is 0.701. The van der Waals surface area contributed by atoms with Gasteiger partial charge in [0.1, 0.15) is 0 Å². The molecule has 0 saturated carbocycles. The molecule has 0 unspecified atom stereocenters. The molecular formula is C12H17N3O. The fraction of sp³-hybridized carbons (Fsp3) is 0.417. The van der Waals surface area contributed by atoms with Gasteiger partial charge >= 0.3 is 6.03 Å². The molecular weight excluding hydrogens is 202 g/mol. The molecule has 3 N–H and O–H groups in total. The molecule has 4 heteroatoms. The zero-order valence-corrected chi connectivity index (χ0v) is 9.49. The van der Waals surface area contributed by atoms with Crippen molar-refractivity contribution in [2.24, 2.45) is 0 Å². The molecule has 2 rings (SSSR count). The van der Waals surface area contributed by atoms with Crippen molar-refractivity contribution in [3.8, 4) is 0 Å². The highest BCUT2D eigenvalue weighted by molar-refractivity contribution is 5.74. The number of hydrogen-bond acceptors (Lipinski definition) is 2. The molecule has 1 aliphatic rings. The summed E-state index contributed by atoms with van der Waals surface area (Å²) in [5.41, 5.74) is 9.10. The van der Waals surface area contributed by atoms with Gasteiger partial charge in [-0.2, -0.15) is 0 Å². The minimum atomic E-state index is 0.00979. The van der Waals surface area contributed by atoms with Gasteiger partial charge < -0.3 is 16.0 Å². The number of nitrogens with one attached hydrogen (secondary N) is 1. The van der Waals surface area contributed by atoms with E-state index in [1.807, 2.05) is 30.0 Å². The van der Waals surface area contributed by atoms with E-state index in [1.54, 1.807) is 0 Å². The predicted octanol–water partition coefficient (Wildman–Crippen LogP) is 1.36. The number of carbonyl (C=O) groups excluding carboxylic acids is 1. The van der Waals surface area contributed by atoms with Gasteiger partial charge in [0.15, 0.2) is 0 Å². The van der Waals surface area contributed by atoms with Gasteiger partial charge in [0.05, 0.1) is 0 Å². The Morgan fingerprint density at radius 1 is 1.56 bits per heavy atom. The molecule has 1 aliphatic heterocycles. The molecule has 0 radical (unpaired) electrons. The van der Waals surface area contributed by atoms with Crippen molar-refractivity contribution in [1.29, 1.82) is 0 Å². The first kappa shape index (κ1) is 10.8. The number of benzene rings is 1. The van der Waals surface area contributed by atoms with E-state index < -0.39 is 0 Å². The molecule has 0 fully saturated rings. The van der Waals surface area contributed by atoms with Crippen LogP contribution in [-0.4, -0.2) is 24.0 Å². The number of hydrogen-bond donors (Lipinski definition) is 2. The molecule has 0 aromatic heterocycles. The fourth-order valence-corrected chi connectivity index (χ4v) is 2.08. The normalized spacial score (nSPS) is 14.4. The van der Waals surface area contributed by atoms with Crippen molar-refractivity contribution in [1.82, 2.24) is 10.2 Å². The molecule has 4 nitrogen and oxygen atoms in total. The summed E-state index contributed by atoms with van der Waals surface area (Å²) in [7, 11) is 0. The number of rotatable bonds is 1. The second-order valence-electron chi connectivity index (χ2n) is 3.99. The predicted molar refractivity (Wildman–Crippen MR) is 64.0 cm³/mol. The first-order chi connectivity index (χ1) is 7.72. The van der Waals surface area contributed by atoms with Crippen LogP contribution in [0.4, 0.5) is 10.5 Å². The number of nitrogens with zero attached hydrogens (tertiary/aromatic N) is 1. The molecule has 1 aromatic carbocycles. The van der Waals surface area contributed by atoms with Crippen LogP contribution >= 0.6 is 0 Å². The molecule has 0 aliphatic carbocycles. The van der Waals surface area contributed by atoms with Crippen LogP contribution in [0.15, 0.2) is 18.2 Å². The van der Waals surface area contributed by atoms with E-state index in [0.29, 0.717) is 13.1 Å². The van der Waals surface area contributed by atoms with Crippen molar-refractivity contribution in [3.63, 3.8) is 0 Å². The van der Waals surface area contributed by atoms with E-state index in [-0.39, 0.29) is 6.03 Å². The summed E-state index contributed by atoms with van der Waals surface area (Å²) in [5, 5.41) is 2.82. The number of nitrogens with two attached hydrogens (primary N) is 1.